The molecule has 0 bridgehead atoms. The van der Waals surface area contributed by atoms with Gasteiger partial charge in [-0.25, -0.2) is 9.67 Å². The highest BCUT2D eigenvalue weighted by atomic mass is 15.4. The van der Waals surface area contributed by atoms with Gasteiger partial charge in [0.15, 0.2) is 5.65 Å². The summed E-state index contributed by atoms with van der Waals surface area (Å²) in [6.07, 6.45) is 3.69. The zero-order valence-corrected chi connectivity index (χ0v) is 13.3. The molecule has 4 aromatic heterocycles. The van der Waals surface area contributed by atoms with Crippen molar-refractivity contribution in [3.63, 3.8) is 0 Å². The second-order valence-corrected chi connectivity index (χ2v) is 5.90. The van der Waals surface area contributed by atoms with E-state index in [1.807, 2.05) is 47.3 Å². The molecule has 1 aromatic carbocycles. The molecule has 0 spiro atoms. The van der Waals surface area contributed by atoms with Crippen LogP contribution < -0.4 is 0 Å². The first kappa shape index (κ1) is 13.9. The molecular weight excluding hydrogens is 312 g/mol. The maximum absolute atomic E-state index is 4.73. The lowest BCUT2D eigenvalue weighted by molar-refractivity contribution is 0.665. The molecule has 0 aliphatic heterocycles. The topological polar surface area (TPSA) is 72.3 Å². The van der Waals surface area contributed by atoms with Gasteiger partial charge in [-0.15, -0.1) is 5.10 Å². The molecule has 0 aliphatic carbocycles. The Hall–Kier alpha value is -3.54. The maximum Gasteiger partial charge on any atom is 0.179 e. The average molecular weight is 326 g/mol. The van der Waals surface area contributed by atoms with Crippen LogP contribution in [0.5, 0.6) is 0 Å². The van der Waals surface area contributed by atoms with E-state index in [0.717, 1.165) is 39.0 Å². The molecular formula is C19H14N6. The molecule has 0 fully saturated rings. The van der Waals surface area contributed by atoms with Gasteiger partial charge in [-0.3, -0.25) is 4.98 Å². The fourth-order valence-electron chi connectivity index (χ4n) is 3.00. The van der Waals surface area contributed by atoms with Crippen LogP contribution in [0.1, 0.15) is 5.56 Å². The molecule has 0 unspecified atom stereocenters. The number of H-pyrrole nitrogens is 1. The van der Waals surface area contributed by atoms with Crippen LogP contribution in [0.3, 0.4) is 0 Å². The molecule has 0 saturated heterocycles. The van der Waals surface area contributed by atoms with E-state index in [1.54, 1.807) is 6.20 Å². The Morgan fingerprint density at radius 2 is 1.92 bits per heavy atom. The Kier molecular flexibility index (Phi) is 3.06. The molecule has 4 heterocycles. The molecule has 0 atom stereocenters. The number of aromatic nitrogens is 6. The van der Waals surface area contributed by atoms with Gasteiger partial charge < -0.3 is 4.98 Å². The molecule has 0 aliphatic rings. The van der Waals surface area contributed by atoms with Crippen molar-refractivity contribution < 1.29 is 0 Å². The van der Waals surface area contributed by atoms with Gasteiger partial charge in [0.25, 0.3) is 0 Å². The highest BCUT2D eigenvalue weighted by Gasteiger charge is 2.09. The van der Waals surface area contributed by atoms with E-state index in [2.05, 4.69) is 38.5 Å². The predicted molar refractivity (Wildman–Crippen MR) is 96.0 cm³/mol. The summed E-state index contributed by atoms with van der Waals surface area (Å²) < 4.78 is 1.83. The maximum atomic E-state index is 4.73. The van der Waals surface area contributed by atoms with E-state index >= 15 is 0 Å². The van der Waals surface area contributed by atoms with Gasteiger partial charge >= 0.3 is 0 Å². The van der Waals surface area contributed by atoms with Crippen molar-refractivity contribution in [2.45, 2.75) is 6.54 Å². The van der Waals surface area contributed by atoms with Crippen LogP contribution in [-0.2, 0) is 6.54 Å². The van der Waals surface area contributed by atoms with Crippen LogP contribution >= 0.6 is 0 Å². The molecule has 0 radical (unpaired) electrons. The van der Waals surface area contributed by atoms with E-state index in [1.165, 1.54) is 0 Å². The van der Waals surface area contributed by atoms with Crippen molar-refractivity contribution in [2.75, 3.05) is 0 Å². The largest absolute Gasteiger partial charge is 0.360 e. The number of hydrogen-bond donors (Lipinski definition) is 1. The Morgan fingerprint density at radius 1 is 0.960 bits per heavy atom. The second kappa shape index (κ2) is 5.52. The number of rotatable bonds is 3. The minimum atomic E-state index is 0.614. The summed E-state index contributed by atoms with van der Waals surface area (Å²) in [6.45, 7) is 0.614. The standard InChI is InChI=1S/C19H14N6/c1-3-14-11-13(5-6-15(14)20-9-1)12-25-19-18(23-24-25)8-7-17(22-19)16-4-2-10-21-16/h1-11,21H,12H2. The molecule has 0 amide bonds. The van der Waals surface area contributed by atoms with Crippen molar-refractivity contribution in [3.05, 3.63) is 72.6 Å². The summed E-state index contributed by atoms with van der Waals surface area (Å²) in [5, 5.41) is 9.61. The number of nitrogens with one attached hydrogen (secondary N) is 1. The van der Waals surface area contributed by atoms with Crippen LogP contribution in [0.4, 0.5) is 0 Å². The summed E-state index contributed by atoms with van der Waals surface area (Å²) in [5.74, 6) is 0. The van der Waals surface area contributed by atoms with Gasteiger partial charge in [-0.2, -0.15) is 0 Å². The van der Waals surface area contributed by atoms with E-state index in [0.29, 0.717) is 6.54 Å². The average Bonchev–Trinajstić information content (AvgIpc) is 3.32. The summed E-state index contributed by atoms with van der Waals surface area (Å²) in [6, 6.07) is 18.1. The zero-order chi connectivity index (χ0) is 16.6. The monoisotopic (exact) mass is 326 g/mol. The number of hydrogen-bond acceptors (Lipinski definition) is 4. The van der Waals surface area contributed by atoms with Gasteiger partial charge in [0, 0.05) is 17.8 Å². The third kappa shape index (κ3) is 2.44. The number of benzene rings is 1. The van der Waals surface area contributed by atoms with Crippen molar-refractivity contribution in [2.24, 2.45) is 0 Å². The Morgan fingerprint density at radius 3 is 2.84 bits per heavy atom. The molecule has 25 heavy (non-hydrogen) atoms. The Balaban J connectivity index is 1.56. The molecule has 6 nitrogen and oxygen atoms in total. The van der Waals surface area contributed by atoms with Crippen LogP contribution in [0.15, 0.2) is 67.0 Å². The van der Waals surface area contributed by atoms with Crippen LogP contribution in [0.2, 0.25) is 0 Å². The SMILES string of the molecule is c1c[nH]c(-c2ccc3nnn(Cc4ccc5ncccc5c4)c3n2)c1. The first-order chi connectivity index (χ1) is 12.4. The van der Waals surface area contributed by atoms with Gasteiger partial charge in [-0.05, 0) is 48.0 Å². The molecule has 5 rings (SSSR count). The summed E-state index contributed by atoms with van der Waals surface area (Å²) in [5.41, 5.74) is 5.55. The minimum Gasteiger partial charge on any atom is -0.360 e. The highest BCUT2D eigenvalue weighted by molar-refractivity contribution is 5.79. The lowest BCUT2D eigenvalue weighted by Gasteiger charge is -2.05. The third-order valence-corrected chi connectivity index (χ3v) is 4.23. The Labute approximate surface area is 143 Å². The van der Waals surface area contributed by atoms with E-state index in [4.69, 9.17) is 4.98 Å². The van der Waals surface area contributed by atoms with Gasteiger partial charge in [0.2, 0.25) is 0 Å². The lowest BCUT2D eigenvalue weighted by atomic mass is 10.1. The fraction of sp³-hybridized carbons (Fsp3) is 0.0526. The molecule has 6 heteroatoms. The van der Waals surface area contributed by atoms with Gasteiger partial charge in [0.1, 0.15) is 5.52 Å². The zero-order valence-electron chi connectivity index (χ0n) is 13.3. The van der Waals surface area contributed by atoms with E-state index < -0.39 is 0 Å². The Bertz CT molecular complexity index is 1170. The van der Waals surface area contributed by atoms with Crippen LogP contribution in [-0.4, -0.2) is 29.9 Å². The summed E-state index contributed by atoms with van der Waals surface area (Å²) >= 11 is 0. The first-order valence-electron chi connectivity index (χ1n) is 8.04. The quantitative estimate of drug-likeness (QED) is 0.551. The summed E-state index contributed by atoms with van der Waals surface area (Å²) in [4.78, 5) is 12.3. The van der Waals surface area contributed by atoms with Gasteiger partial charge in [-0.1, -0.05) is 17.3 Å². The predicted octanol–water partition coefficient (Wildman–Crippen LogP) is 3.42. The highest BCUT2D eigenvalue weighted by Crippen LogP contribution is 2.19. The van der Waals surface area contributed by atoms with Crippen LogP contribution in [0, 0.1) is 0 Å². The van der Waals surface area contributed by atoms with Crippen molar-refractivity contribution in [1.82, 2.24) is 29.9 Å². The number of fused-ring (bicyclic) bond motifs is 2. The molecule has 5 aromatic rings. The number of aromatic amines is 1. The van der Waals surface area contributed by atoms with Crippen molar-refractivity contribution in [1.29, 1.82) is 0 Å². The lowest BCUT2D eigenvalue weighted by Crippen LogP contribution is -2.03. The number of pyridine rings is 2. The third-order valence-electron chi connectivity index (χ3n) is 4.23. The van der Waals surface area contributed by atoms with E-state index in [-0.39, 0.29) is 0 Å². The van der Waals surface area contributed by atoms with Crippen LogP contribution in [0.25, 0.3) is 33.5 Å². The first-order valence-corrected chi connectivity index (χ1v) is 8.04. The molecule has 0 saturated carbocycles. The van der Waals surface area contributed by atoms with Gasteiger partial charge in [0.05, 0.1) is 23.4 Å². The normalized spacial score (nSPS) is 11.4. The smallest absolute Gasteiger partial charge is 0.179 e. The van der Waals surface area contributed by atoms with E-state index in [9.17, 15) is 0 Å². The van der Waals surface area contributed by atoms with Crippen molar-refractivity contribution in [3.8, 4) is 11.4 Å². The molecule has 1 N–H and O–H groups in total. The summed E-state index contributed by atoms with van der Waals surface area (Å²) in [7, 11) is 0. The fourth-order valence-corrected chi connectivity index (χ4v) is 3.00. The van der Waals surface area contributed by atoms with Crippen molar-refractivity contribution >= 4 is 22.1 Å². The second-order valence-electron chi connectivity index (χ2n) is 5.90. The number of nitrogens with zero attached hydrogens (tertiary/aromatic N) is 5. The molecule has 120 valence electrons. The minimum absolute atomic E-state index is 0.614.